The largest absolute Gasteiger partial charge is 0.480 e. The van der Waals surface area contributed by atoms with Crippen LogP contribution in [0.5, 0.6) is 0 Å². The number of imide groups is 1. The number of ether oxygens (including phenoxy) is 1. The summed E-state index contributed by atoms with van der Waals surface area (Å²) in [5.41, 5.74) is 0. The Labute approximate surface area is 92.7 Å². The van der Waals surface area contributed by atoms with Crippen LogP contribution in [-0.4, -0.2) is 54.7 Å². The SMILES string of the molecule is C=CCN(CC(=O)O)CC(=O)NC(=O)OC. The van der Waals surface area contributed by atoms with Gasteiger partial charge >= 0.3 is 12.1 Å². The fourth-order valence-electron chi connectivity index (χ4n) is 0.966. The highest BCUT2D eigenvalue weighted by Gasteiger charge is 2.14. The number of carbonyl (C=O) groups excluding carboxylic acids is 2. The summed E-state index contributed by atoms with van der Waals surface area (Å²) in [6.45, 7) is 3.15. The first-order chi connectivity index (χ1) is 7.49. The number of nitrogens with zero attached hydrogens (tertiary/aromatic N) is 1. The van der Waals surface area contributed by atoms with Crippen LogP contribution in [0.15, 0.2) is 12.7 Å². The second kappa shape index (κ2) is 7.41. The molecule has 0 heterocycles. The normalized spacial score (nSPS) is 9.62. The number of hydrogen-bond acceptors (Lipinski definition) is 5. The maximum atomic E-state index is 11.2. The standard InChI is InChI=1S/C9H14N2O5/c1-3-4-11(6-8(13)14)5-7(12)10-9(15)16-2/h3H,1,4-6H2,2H3,(H,13,14)(H,10,12,15). The zero-order valence-electron chi connectivity index (χ0n) is 8.93. The molecule has 0 aliphatic heterocycles. The fraction of sp³-hybridized carbons (Fsp3) is 0.444. The van der Waals surface area contributed by atoms with Crippen LogP contribution in [0.2, 0.25) is 0 Å². The van der Waals surface area contributed by atoms with Crippen LogP contribution >= 0.6 is 0 Å². The van der Waals surface area contributed by atoms with Gasteiger partial charge in [-0.05, 0) is 0 Å². The lowest BCUT2D eigenvalue weighted by molar-refractivity contribution is -0.138. The highest BCUT2D eigenvalue weighted by molar-refractivity contribution is 5.92. The third-order valence-corrected chi connectivity index (χ3v) is 1.54. The Bertz CT molecular complexity index is 290. The molecule has 0 rings (SSSR count). The molecular weight excluding hydrogens is 216 g/mol. The first-order valence-corrected chi connectivity index (χ1v) is 4.42. The predicted molar refractivity (Wildman–Crippen MR) is 54.8 cm³/mol. The zero-order valence-corrected chi connectivity index (χ0v) is 8.93. The third-order valence-electron chi connectivity index (χ3n) is 1.54. The molecule has 0 saturated carbocycles. The van der Waals surface area contributed by atoms with Gasteiger partial charge in [0.2, 0.25) is 5.91 Å². The van der Waals surface area contributed by atoms with E-state index in [4.69, 9.17) is 5.11 Å². The molecule has 0 unspecified atom stereocenters. The lowest BCUT2D eigenvalue weighted by atomic mass is 10.4. The summed E-state index contributed by atoms with van der Waals surface area (Å²) in [6, 6.07) is 0. The molecule has 0 aliphatic carbocycles. The first-order valence-electron chi connectivity index (χ1n) is 4.42. The summed E-state index contributed by atoms with van der Waals surface area (Å²) in [6.07, 6.45) is 0.591. The molecule has 0 aromatic heterocycles. The van der Waals surface area contributed by atoms with Crippen molar-refractivity contribution in [3.63, 3.8) is 0 Å². The smallest absolute Gasteiger partial charge is 0.413 e. The number of nitrogens with one attached hydrogen (secondary N) is 1. The highest BCUT2D eigenvalue weighted by Crippen LogP contribution is 1.89. The van der Waals surface area contributed by atoms with Crippen LogP contribution < -0.4 is 5.32 Å². The summed E-state index contributed by atoms with van der Waals surface area (Å²) in [5, 5.41) is 10.5. The van der Waals surface area contributed by atoms with E-state index in [0.29, 0.717) is 0 Å². The molecule has 0 aliphatic rings. The van der Waals surface area contributed by atoms with Crippen molar-refractivity contribution in [3.8, 4) is 0 Å². The average molecular weight is 230 g/mol. The van der Waals surface area contributed by atoms with Gasteiger partial charge in [0.05, 0.1) is 20.2 Å². The number of rotatable bonds is 6. The van der Waals surface area contributed by atoms with E-state index in [9.17, 15) is 14.4 Å². The molecule has 2 N–H and O–H groups in total. The quantitative estimate of drug-likeness (QED) is 0.594. The maximum Gasteiger partial charge on any atom is 0.413 e. The molecule has 16 heavy (non-hydrogen) atoms. The lowest BCUT2D eigenvalue weighted by Crippen LogP contribution is -2.41. The van der Waals surface area contributed by atoms with E-state index >= 15 is 0 Å². The Balaban J connectivity index is 4.16. The van der Waals surface area contributed by atoms with E-state index in [-0.39, 0.29) is 19.6 Å². The number of aliphatic carboxylic acids is 1. The Kier molecular flexibility index (Phi) is 6.53. The fourth-order valence-corrected chi connectivity index (χ4v) is 0.966. The van der Waals surface area contributed by atoms with Crippen molar-refractivity contribution in [2.75, 3.05) is 26.7 Å². The Morgan fingerprint density at radius 3 is 2.50 bits per heavy atom. The molecule has 7 nitrogen and oxygen atoms in total. The van der Waals surface area contributed by atoms with Gasteiger partial charge < -0.3 is 9.84 Å². The molecule has 0 saturated heterocycles. The second-order valence-electron chi connectivity index (χ2n) is 2.89. The number of carboxylic acids is 1. The van der Waals surface area contributed by atoms with Crippen LogP contribution in [0.25, 0.3) is 0 Å². The van der Waals surface area contributed by atoms with Crippen molar-refractivity contribution in [3.05, 3.63) is 12.7 Å². The van der Waals surface area contributed by atoms with Gasteiger partial charge in [-0.1, -0.05) is 6.08 Å². The van der Waals surface area contributed by atoms with Gasteiger partial charge in [-0.3, -0.25) is 19.8 Å². The van der Waals surface area contributed by atoms with Gasteiger partial charge in [-0.25, -0.2) is 4.79 Å². The minimum atomic E-state index is -1.06. The maximum absolute atomic E-state index is 11.2. The molecule has 0 bridgehead atoms. The Hall–Kier alpha value is -1.89. The highest BCUT2D eigenvalue weighted by atomic mass is 16.5. The van der Waals surface area contributed by atoms with Gasteiger partial charge in [0.25, 0.3) is 0 Å². The predicted octanol–water partition coefficient (Wildman–Crippen LogP) is -0.558. The second-order valence-corrected chi connectivity index (χ2v) is 2.89. The first kappa shape index (κ1) is 14.1. The number of carboxylic acid groups (broad SMARTS) is 1. The Morgan fingerprint density at radius 1 is 1.44 bits per heavy atom. The minimum Gasteiger partial charge on any atom is -0.480 e. The van der Waals surface area contributed by atoms with Crippen LogP contribution in [0.3, 0.4) is 0 Å². The van der Waals surface area contributed by atoms with Crippen molar-refractivity contribution in [2.45, 2.75) is 0 Å². The molecule has 0 fully saturated rings. The van der Waals surface area contributed by atoms with Crippen molar-refractivity contribution in [1.82, 2.24) is 10.2 Å². The van der Waals surface area contributed by atoms with Crippen LogP contribution in [-0.2, 0) is 14.3 Å². The van der Waals surface area contributed by atoms with E-state index in [1.165, 1.54) is 11.0 Å². The molecule has 7 heteroatoms. The molecular formula is C9H14N2O5. The summed E-state index contributed by atoms with van der Waals surface area (Å²) in [7, 11) is 1.13. The Morgan fingerprint density at radius 2 is 2.06 bits per heavy atom. The van der Waals surface area contributed by atoms with E-state index < -0.39 is 18.0 Å². The molecule has 0 aromatic rings. The molecule has 2 amide bonds. The third kappa shape index (κ3) is 6.55. The van der Waals surface area contributed by atoms with Gasteiger partial charge in [0.15, 0.2) is 0 Å². The zero-order chi connectivity index (χ0) is 12.6. The van der Waals surface area contributed by atoms with E-state index in [0.717, 1.165) is 7.11 Å². The van der Waals surface area contributed by atoms with E-state index in [1.54, 1.807) is 0 Å². The molecule has 0 spiro atoms. The molecule has 0 atom stereocenters. The minimum absolute atomic E-state index is 0.215. The van der Waals surface area contributed by atoms with Crippen molar-refractivity contribution >= 4 is 18.0 Å². The molecule has 90 valence electrons. The average Bonchev–Trinajstić information content (AvgIpc) is 2.16. The topological polar surface area (TPSA) is 95.9 Å². The van der Waals surface area contributed by atoms with Crippen molar-refractivity contribution < 1.29 is 24.2 Å². The number of methoxy groups -OCH3 is 1. The monoisotopic (exact) mass is 230 g/mol. The van der Waals surface area contributed by atoms with E-state index in [1.807, 2.05) is 5.32 Å². The van der Waals surface area contributed by atoms with Gasteiger partial charge in [0.1, 0.15) is 0 Å². The molecule has 0 aromatic carbocycles. The van der Waals surface area contributed by atoms with E-state index in [2.05, 4.69) is 11.3 Å². The van der Waals surface area contributed by atoms with Crippen LogP contribution in [0, 0.1) is 0 Å². The van der Waals surface area contributed by atoms with Crippen LogP contribution in [0.1, 0.15) is 0 Å². The number of amides is 2. The van der Waals surface area contributed by atoms with Crippen molar-refractivity contribution in [2.24, 2.45) is 0 Å². The van der Waals surface area contributed by atoms with Gasteiger partial charge in [0, 0.05) is 6.54 Å². The number of alkyl carbamates (subject to hydrolysis) is 1. The van der Waals surface area contributed by atoms with Gasteiger partial charge in [-0.2, -0.15) is 0 Å². The van der Waals surface area contributed by atoms with Crippen LogP contribution in [0.4, 0.5) is 4.79 Å². The van der Waals surface area contributed by atoms with Crippen molar-refractivity contribution in [1.29, 1.82) is 0 Å². The van der Waals surface area contributed by atoms with Gasteiger partial charge in [-0.15, -0.1) is 6.58 Å². The molecule has 0 radical (unpaired) electrons. The number of carbonyl (C=O) groups is 3. The summed E-state index contributed by atoms with van der Waals surface area (Å²) < 4.78 is 4.22. The number of hydrogen-bond donors (Lipinski definition) is 2. The summed E-state index contributed by atoms with van der Waals surface area (Å²) in [5.74, 6) is -1.69. The lowest BCUT2D eigenvalue weighted by Gasteiger charge is -2.16. The summed E-state index contributed by atoms with van der Waals surface area (Å²) in [4.78, 5) is 33.6. The summed E-state index contributed by atoms with van der Waals surface area (Å²) >= 11 is 0.